The molecular formula is C11H20ClN3O2S. The third-order valence-corrected chi connectivity index (χ3v) is 5.20. The highest BCUT2D eigenvalue weighted by Gasteiger charge is 2.31. The summed E-state index contributed by atoms with van der Waals surface area (Å²) in [5.74, 6) is 0.285. The molecule has 0 radical (unpaired) electrons. The van der Waals surface area contributed by atoms with Gasteiger partial charge in [-0.15, -0.1) is 11.6 Å². The van der Waals surface area contributed by atoms with Gasteiger partial charge in [0.1, 0.15) is 0 Å². The van der Waals surface area contributed by atoms with Gasteiger partial charge < -0.3 is 0 Å². The average Bonchev–Trinajstić information content (AvgIpc) is 2.76. The third-order valence-electron chi connectivity index (χ3n) is 3.00. The van der Waals surface area contributed by atoms with Crippen molar-refractivity contribution in [3.8, 4) is 0 Å². The number of aryl methyl sites for hydroxylation is 1. The van der Waals surface area contributed by atoms with Crippen molar-refractivity contribution in [2.75, 3.05) is 12.4 Å². The number of nitrogens with zero attached hydrogens (tertiary/aromatic N) is 3. The zero-order valence-corrected chi connectivity index (χ0v) is 12.6. The molecule has 7 heteroatoms. The van der Waals surface area contributed by atoms with Crippen LogP contribution in [0.2, 0.25) is 0 Å². The van der Waals surface area contributed by atoms with E-state index in [0.29, 0.717) is 6.54 Å². The summed E-state index contributed by atoms with van der Waals surface area (Å²) < 4.78 is 28.0. The Bertz CT molecular complexity index is 468. The summed E-state index contributed by atoms with van der Waals surface area (Å²) in [4.78, 5) is 0. The van der Waals surface area contributed by atoms with Gasteiger partial charge in [0.05, 0.1) is 6.20 Å². The van der Waals surface area contributed by atoms with Gasteiger partial charge in [-0.05, 0) is 18.9 Å². The molecule has 0 saturated carbocycles. The van der Waals surface area contributed by atoms with Crippen molar-refractivity contribution < 1.29 is 8.42 Å². The Morgan fingerprint density at radius 1 is 1.44 bits per heavy atom. The van der Waals surface area contributed by atoms with Crippen LogP contribution in [0.1, 0.15) is 26.7 Å². The van der Waals surface area contributed by atoms with Gasteiger partial charge in [0.25, 0.3) is 10.0 Å². The number of hydrogen-bond acceptors (Lipinski definition) is 3. The molecular weight excluding hydrogens is 274 g/mol. The zero-order chi connectivity index (χ0) is 13.8. The van der Waals surface area contributed by atoms with Crippen LogP contribution >= 0.6 is 11.6 Å². The van der Waals surface area contributed by atoms with Gasteiger partial charge in [0, 0.05) is 25.5 Å². The molecule has 0 amide bonds. The molecule has 1 rings (SSSR count). The number of hydrogen-bond donors (Lipinski definition) is 0. The second-order valence-corrected chi connectivity index (χ2v) is 6.28. The first-order valence-electron chi connectivity index (χ1n) is 6.04. The largest absolute Gasteiger partial charge is 0.260 e. The van der Waals surface area contributed by atoms with Crippen molar-refractivity contribution >= 4 is 21.6 Å². The highest BCUT2D eigenvalue weighted by Crippen LogP contribution is 2.20. The lowest BCUT2D eigenvalue weighted by Crippen LogP contribution is -2.41. The molecule has 1 aromatic heterocycles. The lowest BCUT2D eigenvalue weighted by molar-refractivity contribution is 0.314. The maximum Gasteiger partial charge on any atom is 0.260 e. The minimum absolute atomic E-state index is 0.0244. The molecule has 0 fully saturated rings. The van der Waals surface area contributed by atoms with Crippen LogP contribution in [0.4, 0.5) is 0 Å². The fourth-order valence-corrected chi connectivity index (χ4v) is 4.17. The second kappa shape index (κ2) is 6.54. The Morgan fingerprint density at radius 2 is 2.06 bits per heavy atom. The van der Waals surface area contributed by atoms with Gasteiger partial charge in [-0.25, -0.2) is 8.42 Å². The number of aromatic nitrogens is 2. The molecule has 0 aromatic carbocycles. The standard InChI is InChI=1S/C11H20ClN3O2S/c1-4-10(5-2)15(9-7-12)18(16,17)11-6-8-13-14(11)3/h6,8,10H,4-5,7,9H2,1-3H3. The highest BCUT2D eigenvalue weighted by molar-refractivity contribution is 7.89. The Balaban J connectivity index is 3.16. The molecule has 5 nitrogen and oxygen atoms in total. The molecule has 0 saturated heterocycles. The lowest BCUT2D eigenvalue weighted by atomic mass is 10.2. The van der Waals surface area contributed by atoms with Crippen LogP contribution in [-0.2, 0) is 17.1 Å². The van der Waals surface area contributed by atoms with Crippen LogP contribution < -0.4 is 0 Å². The molecule has 1 heterocycles. The predicted molar refractivity (Wildman–Crippen MR) is 72.2 cm³/mol. The SMILES string of the molecule is CCC(CC)N(CCCl)S(=O)(=O)c1ccnn1C. The topological polar surface area (TPSA) is 55.2 Å². The quantitative estimate of drug-likeness (QED) is 0.721. The molecule has 0 aliphatic carbocycles. The molecule has 0 aliphatic heterocycles. The fraction of sp³-hybridized carbons (Fsp3) is 0.727. The van der Waals surface area contributed by atoms with Gasteiger partial charge in [-0.1, -0.05) is 13.8 Å². The fourth-order valence-electron chi connectivity index (χ4n) is 2.01. The zero-order valence-electron chi connectivity index (χ0n) is 11.0. The Morgan fingerprint density at radius 3 is 2.44 bits per heavy atom. The third kappa shape index (κ3) is 3.05. The number of rotatable bonds is 7. The molecule has 0 spiro atoms. The van der Waals surface area contributed by atoms with E-state index in [1.807, 2.05) is 13.8 Å². The van der Waals surface area contributed by atoms with E-state index in [1.165, 1.54) is 21.3 Å². The minimum Gasteiger partial charge on any atom is -0.256 e. The summed E-state index contributed by atoms with van der Waals surface area (Å²) in [6.07, 6.45) is 3.02. The average molecular weight is 294 g/mol. The molecule has 0 unspecified atom stereocenters. The molecule has 0 bridgehead atoms. The Labute approximate surface area is 114 Å². The summed E-state index contributed by atoms with van der Waals surface area (Å²) in [7, 11) is -1.90. The monoisotopic (exact) mass is 293 g/mol. The molecule has 18 heavy (non-hydrogen) atoms. The summed E-state index contributed by atoms with van der Waals surface area (Å²) >= 11 is 5.73. The summed E-state index contributed by atoms with van der Waals surface area (Å²) in [6.45, 7) is 4.28. The number of sulfonamides is 1. The Kier molecular flexibility index (Phi) is 5.62. The minimum atomic E-state index is -3.52. The van der Waals surface area contributed by atoms with E-state index in [0.717, 1.165) is 12.8 Å². The van der Waals surface area contributed by atoms with Gasteiger partial charge in [0.15, 0.2) is 5.03 Å². The van der Waals surface area contributed by atoms with E-state index in [9.17, 15) is 8.42 Å². The van der Waals surface area contributed by atoms with Crippen molar-refractivity contribution in [2.24, 2.45) is 7.05 Å². The smallest absolute Gasteiger partial charge is 0.256 e. The first-order valence-corrected chi connectivity index (χ1v) is 8.02. The summed E-state index contributed by atoms with van der Waals surface area (Å²) in [5.41, 5.74) is 0. The summed E-state index contributed by atoms with van der Waals surface area (Å²) in [6, 6.07) is 1.49. The maximum atomic E-state index is 12.6. The van der Waals surface area contributed by atoms with Crippen molar-refractivity contribution in [3.63, 3.8) is 0 Å². The Hall–Kier alpha value is -0.590. The second-order valence-electron chi connectivity index (χ2n) is 4.07. The van der Waals surface area contributed by atoms with Crippen molar-refractivity contribution in [1.82, 2.24) is 14.1 Å². The highest BCUT2D eigenvalue weighted by atomic mass is 35.5. The van der Waals surface area contributed by atoms with E-state index in [1.54, 1.807) is 7.05 Å². The van der Waals surface area contributed by atoms with Crippen LogP contribution in [0.25, 0.3) is 0 Å². The van der Waals surface area contributed by atoms with E-state index in [-0.39, 0.29) is 16.9 Å². The predicted octanol–water partition coefficient (Wildman–Crippen LogP) is 1.84. The number of alkyl halides is 1. The van der Waals surface area contributed by atoms with Crippen LogP contribution in [-0.4, -0.2) is 41.0 Å². The number of halogens is 1. The van der Waals surface area contributed by atoms with Gasteiger partial charge in [-0.3, -0.25) is 4.68 Å². The van der Waals surface area contributed by atoms with Crippen molar-refractivity contribution in [3.05, 3.63) is 12.3 Å². The van der Waals surface area contributed by atoms with Gasteiger partial charge >= 0.3 is 0 Å². The molecule has 0 N–H and O–H groups in total. The van der Waals surface area contributed by atoms with Crippen LogP contribution in [0.5, 0.6) is 0 Å². The van der Waals surface area contributed by atoms with Crippen molar-refractivity contribution in [1.29, 1.82) is 0 Å². The maximum absolute atomic E-state index is 12.6. The lowest BCUT2D eigenvalue weighted by Gasteiger charge is -2.28. The molecule has 0 aliphatic rings. The molecule has 0 atom stereocenters. The first kappa shape index (κ1) is 15.5. The van der Waals surface area contributed by atoms with Crippen LogP contribution in [0.15, 0.2) is 17.3 Å². The summed E-state index contributed by atoms with van der Waals surface area (Å²) in [5, 5.41) is 4.12. The van der Waals surface area contributed by atoms with Crippen molar-refractivity contribution in [2.45, 2.75) is 37.8 Å². The van der Waals surface area contributed by atoms with Crippen LogP contribution in [0.3, 0.4) is 0 Å². The van der Waals surface area contributed by atoms with Crippen LogP contribution in [0, 0.1) is 0 Å². The van der Waals surface area contributed by atoms with Gasteiger partial charge in [-0.2, -0.15) is 9.40 Å². The molecule has 1 aromatic rings. The first-order chi connectivity index (χ1) is 8.48. The van der Waals surface area contributed by atoms with E-state index < -0.39 is 10.0 Å². The molecule has 104 valence electrons. The van der Waals surface area contributed by atoms with E-state index in [4.69, 9.17) is 11.6 Å². The normalized spacial score (nSPS) is 12.6. The van der Waals surface area contributed by atoms with Gasteiger partial charge in [0.2, 0.25) is 0 Å². The van der Waals surface area contributed by atoms with E-state index >= 15 is 0 Å². The van der Waals surface area contributed by atoms with E-state index in [2.05, 4.69) is 5.10 Å².